The molecule has 1 aromatic rings. The van der Waals surface area contributed by atoms with Crippen LogP contribution in [0.15, 0.2) is 6.07 Å². The quantitative estimate of drug-likeness (QED) is 0.668. The van der Waals surface area contributed by atoms with Crippen molar-refractivity contribution >= 4 is 5.95 Å². The largest absolute Gasteiger partial charge is 0.287 e. The van der Waals surface area contributed by atoms with Gasteiger partial charge >= 0.3 is 0 Å². The molecule has 0 aliphatic heterocycles. The monoisotopic (exact) mass is 177 g/mol. The highest BCUT2D eigenvalue weighted by Gasteiger charge is 2.00. The predicted molar refractivity (Wildman–Crippen MR) is 48.8 cm³/mol. The number of nitrogens with zero attached hydrogens (tertiary/aromatic N) is 4. The Morgan fingerprint density at radius 2 is 2.15 bits per heavy atom. The van der Waals surface area contributed by atoms with Crippen LogP contribution in [0, 0.1) is 18.3 Å². The van der Waals surface area contributed by atoms with E-state index in [9.17, 15) is 0 Å². The summed E-state index contributed by atoms with van der Waals surface area (Å²) in [6.07, 6.45) is 0. The van der Waals surface area contributed by atoms with E-state index in [0.29, 0.717) is 11.6 Å². The first-order valence-corrected chi connectivity index (χ1v) is 3.81. The molecule has 0 bridgehead atoms. The normalized spacial score (nSPS) is 9.77. The fourth-order valence-corrected chi connectivity index (χ4v) is 0.876. The first-order valence-electron chi connectivity index (χ1n) is 3.81. The lowest BCUT2D eigenvalue weighted by Crippen LogP contribution is -2.21. The van der Waals surface area contributed by atoms with Gasteiger partial charge in [-0.1, -0.05) is 0 Å². The van der Waals surface area contributed by atoms with Crippen molar-refractivity contribution in [3.63, 3.8) is 0 Å². The fourth-order valence-electron chi connectivity index (χ4n) is 0.876. The van der Waals surface area contributed by atoms with Crippen LogP contribution in [0.25, 0.3) is 0 Å². The number of hydrazine groups is 1. The fraction of sp³-hybridized carbons (Fsp3) is 0.375. The first kappa shape index (κ1) is 9.42. The summed E-state index contributed by atoms with van der Waals surface area (Å²) in [6, 6.07) is 3.61. The minimum absolute atomic E-state index is 0.372. The number of aromatic nitrogens is 2. The minimum Gasteiger partial charge on any atom is -0.287 e. The summed E-state index contributed by atoms with van der Waals surface area (Å²) in [5.74, 6) is 0.446. The molecular formula is C8H11N5. The molecule has 68 valence electrons. The Hall–Kier alpha value is -1.67. The molecule has 0 fully saturated rings. The van der Waals surface area contributed by atoms with Crippen LogP contribution in [0.3, 0.4) is 0 Å². The van der Waals surface area contributed by atoms with Gasteiger partial charge in [-0.05, 0) is 13.0 Å². The summed E-state index contributed by atoms with van der Waals surface area (Å²) in [5, 5.41) is 10.4. The van der Waals surface area contributed by atoms with E-state index in [1.165, 1.54) is 0 Å². The van der Waals surface area contributed by atoms with E-state index in [2.05, 4.69) is 15.4 Å². The molecule has 0 aliphatic rings. The van der Waals surface area contributed by atoms with E-state index in [4.69, 9.17) is 5.26 Å². The molecule has 0 aromatic carbocycles. The Morgan fingerprint density at radius 1 is 1.46 bits per heavy atom. The lowest BCUT2D eigenvalue weighted by atomic mass is 10.3. The molecule has 5 nitrogen and oxygen atoms in total. The van der Waals surface area contributed by atoms with Gasteiger partial charge in [0.05, 0.1) is 0 Å². The van der Waals surface area contributed by atoms with Crippen molar-refractivity contribution in [2.75, 3.05) is 19.5 Å². The summed E-state index contributed by atoms with van der Waals surface area (Å²) < 4.78 is 0. The molecule has 0 atom stereocenters. The minimum atomic E-state index is 0.372. The van der Waals surface area contributed by atoms with Crippen LogP contribution in [0.4, 0.5) is 5.95 Å². The van der Waals surface area contributed by atoms with Crippen LogP contribution in [0.1, 0.15) is 11.4 Å². The van der Waals surface area contributed by atoms with E-state index >= 15 is 0 Å². The van der Waals surface area contributed by atoms with Crippen molar-refractivity contribution in [3.8, 4) is 6.07 Å². The second kappa shape index (κ2) is 3.83. The van der Waals surface area contributed by atoms with Gasteiger partial charge in [-0.25, -0.2) is 15.0 Å². The van der Waals surface area contributed by atoms with Crippen LogP contribution >= 0.6 is 0 Å². The molecule has 0 unspecified atom stereocenters. The SMILES string of the molecule is Cc1cc(C#N)nc(NN(C)C)n1. The number of hydrogen-bond acceptors (Lipinski definition) is 5. The zero-order valence-corrected chi connectivity index (χ0v) is 7.87. The van der Waals surface area contributed by atoms with Gasteiger partial charge in [0.15, 0.2) is 0 Å². The average molecular weight is 177 g/mol. The van der Waals surface area contributed by atoms with Crippen LogP contribution in [0.2, 0.25) is 0 Å². The van der Waals surface area contributed by atoms with Gasteiger partial charge in [-0.3, -0.25) is 5.43 Å². The predicted octanol–water partition coefficient (Wildman–Crippen LogP) is 0.545. The third kappa shape index (κ3) is 2.69. The van der Waals surface area contributed by atoms with E-state index < -0.39 is 0 Å². The zero-order chi connectivity index (χ0) is 9.84. The Kier molecular flexibility index (Phi) is 2.77. The molecule has 0 radical (unpaired) electrons. The van der Waals surface area contributed by atoms with Crippen molar-refractivity contribution in [1.29, 1.82) is 5.26 Å². The van der Waals surface area contributed by atoms with Gasteiger partial charge in [-0.2, -0.15) is 5.26 Å². The molecule has 0 saturated carbocycles. The zero-order valence-electron chi connectivity index (χ0n) is 7.87. The Morgan fingerprint density at radius 3 is 2.69 bits per heavy atom. The standard InChI is InChI=1S/C8H11N5/c1-6-4-7(5-9)11-8(10-6)12-13(2)3/h4H,1-3H3,(H,10,11,12). The number of nitriles is 1. The smallest absolute Gasteiger partial charge is 0.238 e. The third-order valence-electron chi connectivity index (χ3n) is 1.29. The maximum Gasteiger partial charge on any atom is 0.238 e. The molecule has 13 heavy (non-hydrogen) atoms. The highest BCUT2D eigenvalue weighted by Crippen LogP contribution is 2.03. The summed E-state index contributed by atoms with van der Waals surface area (Å²) in [6.45, 7) is 1.82. The molecule has 1 heterocycles. The van der Waals surface area contributed by atoms with Crippen molar-refractivity contribution in [1.82, 2.24) is 15.0 Å². The van der Waals surface area contributed by atoms with Crippen LogP contribution in [0.5, 0.6) is 0 Å². The Labute approximate surface area is 77.0 Å². The Balaban J connectivity index is 2.96. The van der Waals surface area contributed by atoms with Gasteiger partial charge in [0, 0.05) is 19.8 Å². The maximum absolute atomic E-state index is 8.64. The number of aryl methyl sites for hydroxylation is 1. The number of nitrogens with one attached hydrogen (secondary N) is 1. The van der Waals surface area contributed by atoms with Crippen molar-refractivity contribution in [2.45, 2.75) is 6.92 Å². The van der Waals surface area contributed by atoms with Crippen LogP contribution in [-0.4, -0.2) is 29.1 Å². The van der Waals surface area contributed by atoms with E-state index in [-0.39, 0.29) is 0 Å². The molecular weight excluding hydrogens is 166 g/mol. The second-order valence-corrected chi connectivity index (χ2v) is 2.84. The molecule has 0 spiro atoms. The third-order valence-corrected chi connectivity index (χ3v) is 1.29. The van der Waals surface area contributed by atoms with E-state index in [0.717, 1.165) is 5.69 Å². The average Bonchev–Trinajstić information content (AvgIpc) is 2.01. The van der Waals surface area contributed by atoms with Gasteiger partial charge < -0.3 is 0 Å². The van der Waals surface area contributed by atoms with Crippen molar-refractivity contribution in [3.05, 3.63) is 17.5 Å². The Bertz CT molecular complexity index is 339. The molecule has 1 rings (SSSR count). The molecule has 1 aromatic heterocycles. The number of anilines is 1. The highest BCUT2D eigenvalue weighted by molar-refractivity contribution is 5.31. The van der Waals surface area contributed by atoms with Gasteiger partial charge in [0.2, 0.25) is 5.95 Å². The summed E-state index contributed by atoms with van der Waals surface area (Å²) in [7, 11) is 3.66. The summed E-state index contributed by atoms with van der Waals surface area (Å²) >= 11 is 0. The van der Waals surface area contributed by atoms with Gasteiger partial charge in [0.1, 0.15) is 11.8 Å². The summed E-state index contributed by atoms with van der Waals surface area (Å²) in [5.41, 5.74) is 4.03. The lowest BCUT2D eigenvalue weighted by Gasteiger charge is -2.11. The number of hydrogen-bond donors (Lipinski definition) is 1. The van der Waals surface area contributed by atoms with Crippen molar-refractivity contribution < 1.29 is 0 Å². The second-order valence-electron chi connectivity index (χ2n) is 2.84. The molecule has 0 amide bonds. The molecule has 5 heteroatoms. The van der Waals surface area contributed by atoms with Crippen molar-refractivity contribution in [2.24, 2.45) is 0 Å². The lowest BCUT2D eigenvalue weighted by molar-refractivity contribution is 0.488. The first-order chi connectivity index (χ1) is 6.11. The highest BCUT2D eigenvalue weighted by atomic mass is 15.5. The number of rotatable bonds is 2. The van der Waals surface area contributed by atoms with Crippen LogP contribution in [-0.2, 0) is 0 Å². The maximum atomic E-state index is 8.64. The van der Waals surface area contributed by atoms with Crippen LogP contribution < -0.4 is 5.43 Å². The summed E-state index contributed by atoms with van der Waals surface area (Å²) in [4.78, 5) is 8.07. The molecule has 1 N–H and O–H groups in total. The van der Waals surface area contributed by atoms with E-state index in [1.807, 2.05) is 27.1 Å². The van der Waals surface area contributed by atoms with Gasteiger partial charge in [0.25, 0.3) is 0 Å². The van der Waals surface area contributed by atoms with Gasteiger partial charge in [-0.15, -0.1) is 0 Å². The molecule has 0 aliphatic carbocycles. The molecule has 0 saturated heterocycles. The van der Waals surface area contributed by atoms with E-state index in [1.54, 1.807) is 11.1 Å². The topological polar surface area (TPSA) is 64.8 Å².